The van der Waals surface area contributed by atoms with Crippen molar-refractivity contribution < 1.29 is 28.7 Å². The third-order valence-electron chi connectivity index (χ3n) is 8.36. The molecule has 2 atom stereocenters. The van der Waals surface area contributed by atoms with E-state index in [9.17, 15) is 19.2 Å². The van der Waals surface area contributed by atoms with Crippen LogP contribution in [0.2, 0.25) is 0 Å². The number of anilines is 3. The van der Waals surface area contributed by atoms with Gasteiger partial charge in [0.05, 0.1) is 22.4 Å². The number of hydrogen-bond donors (Lipinski definition) is 3. The molecule has 1 saturated carbocycles. The molecule has 3 heterocycles. The van der Waals surface area contributed by atoms with Crippen LogP contribution in [0, 0.1) is 6.92 Å². The molecule has 0 saturated heterocycles. The molecule has 1 fully saturated rings. The molecule has 0 unspecified atom stereocenters. The third kappa shape index (κ3) is 7.46. The first-order valence-electron chi connectivity index (χ1n) is 16.3. The van der Waals surface area contributed by atoms with Crippen LogP contribution < -0.4 is 25.6 Å². The number of benzene rings is 2. The van der Waals surface area contributed by atoms with Crippen LogP contribution in [0.3, 0.4) is 0 Å². The smallest absolute Gasteiger partial charge is 0.410 e. The van der Waals surface area contributed by atoms with Crippen molar-refractivity contribution in [3.8, 4) is 11.5 Å². The van der Waals surface area contributed by atoms with Crippen LogP contribution in [0.15, 0.2) is 60.8 Å². The number of likely N-dealkylation sites (N-methyl/N-ethyl adjacent to an activating group) is 1. The van der Waals surface area contributed by atoms with Gasteiger partial charge in [0, 0.05) is 25.3 Å². The van der Waals surface area contributed by atoms with Gasteiger partial charge in [0.15, 0.2) is 0 Å². The molecule has 12 nitrogen and oxygen atoms in total. The number of ether oxygens (including phenoxy) is 2. The number of carbonyl (C=O) groups is 4. The Hall–Kier alpha value is -5.17. The predicted molar refractivity (Wildman–Crippen MR) is 189 cm³/mol. The maximum atomic E-state index is 13.8. The minimum Gasteiger partial charge on any atom is -0.457 e. The van der Waals surface area contributed by atoms with Crippen LogP contribution in [0.1, 0.15) is 61.7 Å². The topological polar surface area (TPSA) is 142 Å². The zero-order valence-electron chi connectivity index (χ0n) is 28.2. The van der Waals surface area contributed by atoms with Crippen LogP contribution in [-0.4, -0.2) is 65.1 Å². The Morgan fingerprint density at radius 1 is 1.00 bits per heavy atom. The van der Waals surface area contributed by atoms with Crippen molar-refractivity contribution >= 4 is 62.6 Å². The van der Waals surface area contributed by atoms with E-state index in [1.165, 1.54) is 23.3 Å². The summed E-state index contributed by atoms with van der Waals surface area (Å²) < 4.78 is 11.3. The lowest BCUT2D eigenvalue weighted by Crippen LogP contribution is -2.54. The molecule has 1 aliphatic carbocycles. The van der Waals surface area contributed by atoms with Crippen molar-refractivity contribution in [3.05, 3.63) is 71.2 Å². The van der Waals surface area contributed by atoms with Gasteiger partial charge in [-0.15, -0.1) is 11.3 Å². The largest absolute Gasteiger partial charge is 0.457 e. The highest BCUT2D eigenvalue weighted by molar-refractivity contribution is 7.21. The lowest BCUT2D eigenvalue weighted by Gasteiger charge is -2.33. The van der Waals surface area contributed by atoms with Gasteiger partial charge in [0.2, 0.25) is 5.91 Å². The molecule has 2 aromatic heterocycles. The molecule has 0 spiro atoms. The fraction of sp³-hybridized carbons (Fsp3) is 0.361. The lowest BCUT2D eigenvalue weighted by molar-refractivity contribution is -0.123. The number of rotatable bonds is 8. The minimum absolute atomic E-state index is 0.175. The maximum absolute atomic E-state index is 13.8. The van der Waals surface area contributed by atoms with Crippen LogP contribution in [0.5, 0.6) is 11.5 Å². The number of hydrogen-bond acceptors (Lipinski definition) is 8. The summed E-state index contributed by atoms with van der Waals surface area (Å²) >= 11 is 1.21. The Bertz CT molecular complexity index is 1910. The van der Waals surface area contributed by atoms with Crippen LogP contribution >= 0.6 is 11.3 Å². The van der Waals surface area contributed by atoms with E-state index in [1.807, 2.05) is 55.5 Å². The van der Waals surface area contributed by atoms with E-state index in [4.69, 9.17) is 9.47 Å². The highest BCUT2D eigenvalue weighted by Crippen LogP contribution is 2.46. The Kier molecular flexibility index (Phi) is 9.46. The monoisotopic (exact) mass is 684 g/mol. The predicted octanol–water partition coefficient (Wildman–Crippen LogP) is 7.10. The second kappa shape index (κ2) is 13.7. The molecule has 0 radical (unpaired) electrons. The quantitative estimate of drug-likeness (QED) is 0.180. The number of aryl methyl sites for hydroxylation is 1. The zero-order valence-corrected chi connectivity index (χ0v) is 29.0. The Morgan fingerprint density at radius 2 is 1.71 bits per heavy atom. The molecule has 256 valence electrons. The molecule has 4 aromatic rings. The highest BCUT2D eigenvalue weighted by atomic mass is 32.1. The van der Waals surface area contributed by atoms with E-state index in [0.717, 1.165) is 18.4 Å². The molecule has 3 N–H and O–H groups in total. The second-order valence-electron chi connectivity index (χ2n) is 13.3. The molecule has 1 aliphatic heterocycles. The number of thiophene rings is 1. The number of urea groups is 1. The van der Waals surface area contributed by atoms with Gasteiger partial charge in [-0.25, -0.2) is 14.6 Å². The van der Waals surface area contributed by atoms with Crippen molar-refractivity contribution in [2.75, 3.05) is 23.8 Å². The molecule has 6 rings (SSSR count). The second-order valence-corrected chi connectivity index (χ2v) is 14.3. The standard InChI is InChI=1S/C36H40N6O6S/c1-21-19-23(47-22-11-7-6-8-12-22)15-16-26(21)42-27-17-18-37-33-29(27)30(40-34(42)45)31(49-33)32(44)39-25-14-10-9-13-24(25)38-28(43)20-41(5)35(46)48-36(2,3)4/h6-8,11-12,15-19,24-25H,9-10,13-14,20H2,1-5H3,(H,38,43)(H,39,44)(H,40,45)/t24-,25-/m1/s1. The van der Waals surface area contributed by atoms with E-state index in [-0.39, 0.29) is 30.4 Å². The number of nitrogens with one attached hydrogen (secondary N) is 3. The van der Waals surface area contributed by atoms with E-state index in [2.05, 4.69) is 20.9 Å². The van der Waals surface area contributed by atoms with Gasteiger partial charge in [-0.1, -0.05) is 31.0 Å². The summed E-state index contributed by atoms with van der Waals surface area (Å²) in [6, 6.07) is 15.7. The fourth-order valence-corrected chi connectivity index (χ4v) is 7.16. The minimum atomic E-state index is -0.677. The molecule has 0 bridgehead atoms. The normalized spacial score (nSPS) is 17.2. The number of carbonyl (C=O) groups excluding carboxylic acids is 4. The first-order chi connectivity index (χ1) is 23.4. The number of aromatic nitrogens is 1. The summed E-state index contributed by atoms with van der Waals surface area (Å²) in [6.45, 7) is 7.03. The molecule has 2 aliphatic rings. The average Bonchev–Trinajstić information content (AvgIpc) is 3.42. The van der Waals surface area contributed by atoms with Crippen molar-refractivity contribution in [1.82, 2.24) is 20.5 Å². The molecular formula is C36H40N6O6S. The van der Waals surface area contributed by atoms with Gasteiger partial charge in [0.25, 0.3) is 5.91 Å². The number of pyridine rings is 1. The van der Waals surface area contributed by atoms with Crippen molar-refractivity contribution in [3.63, 3.8) is 0 Å². The van der Waals surface area contributed by atoms with E-state index >= 15 is 0 Å². The third-order valence-corrected chi connectivity index (χ3v) is 9.45. The Labute approximate surface area is 288 Å². The van der Waals surface area contributed by atoms with Crippen LogP contribution in [-0.2, 0) is 9.53 Å². The number of amides is 5. The number of para-hydroxylation sites is 1. The molecule has 5 amide bonds. The van der Waals surface area contributed by atoms with Crippen LogP contribution in [0.25, 0.3) is 10.2 Å². The zero-order chi connectivity index (χ0) is 34.9. The van der Waals surface area contributed by atoms with Crippen molar-refractivity contribution in [2.45, 2.75) is 71.1 Å². The maximum Gasteiger partial charge on any atom is 0.410 e. The summed E-state index contributed by atoms with van der Waals surface area (Å²) in [7, 11) is 1.51. The van der Waals surface area contributed by atoms with Crippen molar-refractivity contribution in [2.24, 2.45) is 0 Å². The molecule has 49 heavy (non-hydrogen) atoms. The Morgan fingerprint density at radius 3 is 2.41 bits per heavy atom. The van der Waals surface area contributed by atoms with Gasteiger partial charge in [-0.05, 0) is 82.5 Å². The molecule has 2 aromatic carbocycles. The summed E-state index contributed by atoms with van der Waals surface area (Å²) in [4.78, 5) is 61.1. The van der Waals surface area contributed by atoms with Gasteiger partial charge in [0.1, 0.15) is 33.4 Å². The van der Waals surface area contributed by atoms with E-state index < -0.39 is 17.7 Å². The lowest BCUT2D eigenvalue weighted by atomic mass is 9.90. The fourth-order valence-electron chi connectivity index (χ4n) is 6.13. The summed E-state index contributed by atoms with van der Waals surface area (Å²) in [5.41, 5.74) is 1.86. The summed E-state index contributed by atoms with van der Waals surface area (Å²) in [6.07, 6.45) is 4.18. The van der Waals surface area contributed by atoms with Gasteiger partial charge >= 0.3 is 12.1 Å². The SMILES string of the molecule is Cc1cc(Oc2ccccc2)ccc1N1C(=O)Nc2c(C(=O)N[C@@H]3CCCC[C@H]3NC(=O)CN(C)C(=O)OC(C)(C)C)sc3nccc1c23. The Balaban J connectivity index is 1.19. The van der Waals surface area contributed by atoms with Crippen molar-refractivity contribution in [1.29, 1.82) is 0 Å². The van der Waals surface area contributed by atoms with E-state index in [1.54, 1.807) is 37.9 Å². The highest BCUT2D eigenvalue weighted by Gasteiger charge is 2.35. The first kappa shape index (κ1) is 33.7. The van der Waals surface area contributed by atoms with Gasteiger partial charge in [-0.2, -0.15) is 0 Å². The summed E-state index contributed by atoms with van der Waals surface area (Å²) in [5.74, 6) is 0.663. The molecule has 13 heteroatoms. The van der Waals surface area contributed by atoms with E-state index in [0.29, 0.717) is 56.5 Å². The number of nitrogens with zero attached hydrogens (tertiary/aromatic N) is 3. The van der Waals surface area contributed by atoms with Gasteiger partial charge < -0.3 is 30.3 Å². The molecular weight excluding hydrogens is 644 g/mol. The summed E-state index contributed by atoms with van der Waals surface area (Å²) in [5, 5.41) is 9.76. The average molecular weight is 685 g/mol. The van der Waals surface area contributed by atoms with Crippen LogP contribution in [0.4, 0.5) is 26.7 Å². The van der Waals surface area contributed by atoms with Gasteiger partial charge in [-0.3, -0.25) is 14.5 Å². The first-order valence-corrected chi connectivity index (χ1v) is 17.1.